The molecule has 1 aromatic heterocycles. The molecule has 1 heterocycles. The third kappa shape index (κ3) is 4.51. The highest BCUT2D eigenvalue weighted by molar-refractivity contribution is 6.14. The second-order valence-electron chi connectivity index (χ2n) is 11.8. The highest BCUT2D eigenvalue weighted by atomic mass is 16.3. The van der Waals surface area contributed by atoms with Crippen molar-refractivity contribution in [2.45, 2.75) is 0 Å². The number of hydrogen-bond acceptors (Lipinski definition) is 2. The van der Waals surface area contributed by atoms with Gasteiger partial charge in [-0.2, -0.15) is 0 Å². The number of benzene rings is 8. The average molecular weight is 588 g/mol. The van der Waals surface area contributed by atoms with Crippen molar-refractivity contribution in [3.8, 4) is 22.3 Å². The quantitative estimate of drug-likeness (QED) is 0.199. The number of furan rings is 1. The van der Waals surface area contributed by atoms with Crippen molar-refractivity contribution in [3.05, 3.63) is 176 Å². The summed E-state index contributed by atoms with van der Waals surface area (Å²) in [5, 5.41) is 7.13. The minimum absolute atomic E-state index is 0.874. The molecule has 8 aromatic carbocycles. The van der Waals surface area contributed by atoms with E-state index in [-0.39, 0.29) is 0 Å². The largest absolute Gasteiger partial charge is 0.456 e. The maximum Gasteiger partial charge on any atom is 0.137 e. The third-order valence-corrected chi connectivity index (χ3v) is 9.00. The van der Waals surface area contributed by atoms with Crippen LogP contribution in [0.25, 0.3) is 65.7 Å². The number of rotatable bonds is 5. The molecule has 9 rings (SSSR count). The van der Waals surface area contributed by atoms with Crippen molar-refractivity contribution in [2.24, 2.45) is 0 Å². The van der Waals surface area contributed by atoms with Gasteiger partial charge in [-0.3, -0.25) is 0 Å². The Labute approximate surface area is 267 Å². The standard InChI is InChI=1S/C44H29NO/c1-3-10-30(11-4-1)37-23-25-40-43(29-37)46-42-17-9-16-41(44(40)42)45(38-14-5-2-6-15-38)39-24-22-35-27-34(20-21-36(35)28-39)33-19-18-31-12-7-8-13-32(31)26-33/h1-29H. The number of para-hydroxylation sites is 1. The molecule has 0 bridgehead atoms. The summed E-state index contributed by atoms with van der Waals surface area (Å²) in [6, 6.07) is 62.7. The molecule has 46 heavy (non-hydrogen) atoms. The summed E-state index contributed by atoms with van der Waals surface area (Å²) in [6.45, 7) is 0. The zero-order valence-corrected chi connectivity index (χ0v) is 25.1. The van der Waals surface area contributed by atoms with Crippen LogP contribution in [-0.4, -0.2) is 0 Å². The highest BCUT2D eigenvalue weighted by Gasteiger charge is 2.20. The molecule has 0 saturated heterocycles. The van der Waals surface area contributed by atoms with E-state index in [9.17, 15) is 0 Å². The second kappa shape index (κ2) is 10.8. The van der Waals surface area contributed by atoms with Crippen LogP contribution in [0.4, 0.5) is 17.1 Å². The molecule has 0 atom stereocenters. The zero-order chi connectivity index (χ0) is 30.5. The van der Waals surface area contributed by atoms with E-state index >= 15 is 0 Å². The van der Waals surface area contributed by atoms with Crippen LogP contribution in [0.15, 0.2) is 180 Å². The smallest absolute Gasteiger partial charge is 0.137 e. The van der Waals surface area contributed by atoms with Crippen molar-refractivity contribution < 1.29 is 4.42 Å². The molecule has 0 aliphatic carbocycles. The number of fused-ring (bicyclic) bond motifs is 5. The molecule has 0 aliphatic heterocycles. The van der Waals surface area contributed by atoms with E-state index in [0.717, 1.165) is 44.6 Å². The summed E-state index contributed by atoms with van der Waals surface area (Å²) in [7, 11) is 0. The maximum absolute atomic E-state index is 6.50. The fourth-order valence-electron chi connectivity index (χ4n) is 6.73. The SMILES string of the molecule is c1ccc(-c2ccc3c(c2)oc2cccc(N(c4ccccc4)c4ccc5cc(-c6ccc7ccccc7c6)ccc5c4)c23)cc1. The Morgan fingerprint density at radius 2 is 0.957 bits per heavy atom. The third-order valence-electron chi connectivity index (χ3n) is 9.00. The summed E-state index contributed by atoms with van der Waals surface area (Å²) in [4.78, 5) is 2.35. The minimum atomic E-state index is 0.874. The van der Waals surface area contributed by atoms with Gasteiger partial charge in [0.05, 0.1) is 11.1 Å². The minimum Gasteiger partial charge on any atom is -0.456 e. The van der Waals surface area contributed by atoms with Gasteiger partial charge in [0.15, 0.2) is 0 Å². The van der Waals surface area contributed by atoms with Gasteiger partial charge in [-0.15, -0.1) is 0 Å². The van der Waals surface area contributed by atoms with Crippen LogP contribution < -0.4 is 4.90 Å². The van der Waals surface area contributed by atoms with Crippen LogP contribution in [0, 0.1) is 0 Å². The van der Waals surface area contributed by atoms with Gasteiger partial charge in [-0.25, -0.2) is 0 Å². The molecule has 0 unspecified atom stereocenters. The van der Waals surface area contributed by atoms with Gasteiger partial charge in [-0.05, 0) is 104 Å². The summed E-state index contributed by atoms with van der Waals surface area (Å²) < 4.78 is 6.50. The molecule has 9 aromatic rings. The van der Waals surface area contributed by atoms with Crippen molar-refractivity contribution in [1.29, 1.82) is 0 Å². The Morgan fingerprint density at radius 3 is 1.76 bits per heavy atom. The molecule has 0 N–H and O–H groups in total. The number of hydrogen-bond donors (Lipinski definition) is 0. The lowest BCUT2D eigenvalue weighted by Gasteiger charge is -2.26. The predicted octanol–water partition coefficient (Wildman–Crippen LogP) is 12.7. The molecule has 0 spiro atoms. The normalized spacial score (nSPS) is 11.5. The van der Waals surface area contributed by atoms with Crippen molar-refractivity contribution >= 4 is 60.5 Å². The Balaban J connectivity index is 1.18. The fraction of sp³-hybridized carbons (Fsp3) is 0. The molecule has 0 aliphatic rings. The van der Waals surface area contributed by atoms with Gasteiger partial charge < -0.3 is 9.32 Å². The topological polar surface area (TPSA) is 16.4 Å². The van der Waals surface area contributed by atoms with Gasteiger partial charge in [0.2, 0.25) is 0 Å². The van der Waals surface area contributed by atoms with E-state index in [4.69, 9.17) is 4.42 Å². The van der Waals surface area contributed by atoms with E-state index < -0.39 is 0 Å². The Hall–Kier alpha value is -6.12. The summed E-state index contributed by atoms with van der Waals surface area (Å²) >= 11 is 0. The molecule has 0 saturated carbocycles. The lowest BCUT2D eigenvalue weighted by Crippen LogP contribution is -2.10. The average Bonchev–Trinajstić information content (AvgIpc) is 3.51. The predicted molar refractivity (Wildman–Crippen MR) is 194 cm³/mol. The van der Waals surface area contributed by atoms with E-state index in [1.807, 2.05) is 6.07 Å². The molecular formula is C44H29NO. The first-order valence-electron chi connectivity index (χ1n) is 15.7. The highest BCUT2D eigenvalue weighted by Crippen LogP contribution is 2.44. The number of anilines is 3. The van der Waals surface area contributed by atoms with Gasteiger partial charge in [0, 0.05) is 16.8 Å². The molecular weight excluding hydrogens is 558 g/mol. The molecule has 0 fully saturated rings. The van der Waals surface area contributed by atoms with E-state index in [1.54, 1.807) is 0 Å². The molecule has 0 radical (unpaired) electrons. The van der Waals surface area contributed by atoms with Crippen LogP contribution in [0.1, 0.15) is 0 Å². The van der Waals surface area contributed by atoms with E-state index in [2.05, 4.69) is 175 Å². The van der Waals surface area contributed by atoms with E-state index in [0.29, 0.717) is 0 Å². The second-order valence-corrected chi connectivity index (χ2v) is 11.8. The Kier molecular flexibility index (Phi) is 6.17. The van der Waals surface area contributed by atoms with Crippen LogP contribution in [0.3, 0.4) is 0 Å². The fourth-order valence-corrected chi connectivity index (χ4v) is 6.73. The summed E-state index contributed by atoms with van der Waals surface area (Å²) in [6.07, 6.45) is 0. The van der Waals surface area contributed by atoms with Gasteiger partial charge >= 0.3 is 0 Å². The molecule has 2 heteroatoms. The van der Waals surface area contributed by atoms with Crippen molar-refractivity contribution in [2.75, 3.05) is 4.90 Å². The summed E-state index contributed by atoms with van der Waals surface area (Å²) in [5.74, 6) is 0. The first-order valence-corrected chi connectivity index (χ1v) is 15.7. The first-order chi connectivity index (χ1) is 22.8. The molecule has 0 amide bonds. The maximum atomic E-state index is 6.50. The van der Waals surface area contributed by atoms with Gasteiger partial charge in [0.25, 0.3) is 0 Å². The lowest BCUT2D eigenvalue weighted by atomic mass is 9.98. The zero-order valence-electron chi connectivity index (χ0n) is 25.1. The number of nitrogens with zero attached hydrogens (tertiary/aromatic N) is 1. The van der Waals surface area contributed by atoms with Gasteiger partial charge in [-0.1, -0.05) is 115 Å². The van der Waals surface area contributed by atoms with Crippen LogP contribution >= 0.6 is 0 Å². The monoisotopic (exact) mass is 587 g/mol. The van der Waals surface area contributed by atoms with Crippen molar-refractivity contribution in [3.63, 3.8) is 0 Å². The Bertz CT molecular complexity index is 2530. The lowest BCUT2D eigenvalue weighted by molar-refractivity contribution is 0.669. The van der Waals surface area contributed by atoms with E-state index in [1.165, 1.54) is 38.2 Å². The van der Waals surface area contributed by atoms with Gasteiger partial charge in [0.1, 0.15) is 11.2 Å². The van der Waals surface area contributed by atoms with Crippen LogP contribution in [-0.2, 0) is 0 Å². The van der Waals surface area contributed by atoms with Crippen molar-refractivity contribution in [1.82, 2.24) is 0 Å². The molecule has 216 valence electrons. The molecule has 2 nitrogen and oxygen atoms in total. The first kappa shape index (κ1) is 26.3. The summed E-state index contributed by atoms with van der Waals surface area (Å²) in [5.41, 5.74) is 9.80. The Morgan fingerprint density at radius 1 is 0.348 bits per heavy atom. The van der Waals surface area contributed by atoms with Crippen LogP contribution in [0.2, 0.25) is 0 Å². The van der Waals surface area contributed by atoms with Crippen LogP contribution in [0.5, 0.6) is 0 Å².